The van der Waals surface area contributed by atoms with Crippen LogP contribution >= 0.6 is 23.1 Å². The molecule has 3 aromatic heterocycles. The third-order valence-corrected chi connectivity index (χ3v) is 5.46. The van der Waals surface area contributed by atoms with E-state index in [9.17, 15) is 9.59 Å². The molecule has 0 fully saturated rings. The zero-order valence-electron chi connectivity index (χ0n) is 14.0. The molecule has 0 bridgehead atoms. The van der Waals surface area contributed by atoms with Crippen LogP contribution in [-0.4, -0.2) is 36.0 Å². The van der Waals surface area contributed by atoms with E-state index in [1.54, 1.807) is 6.20 Å². The normalized spacial score (nSPS) is 11.0. The summed E-state index contributed by atoms with van der Waals surface area (Å²) in [7, 11) is 0. The Hall–Kier alpha value is -2.91. The average molecular weight is 395 g/mol. The van der Waals surface area contributed by atoms with E-state index in [-0.39, 0.29) is 34.7 Å². The van der Waals surface area contributed by atoms with Crippen molar-refractivity contribution in [3.8, 4) is 5.69 Å². The van der Waals surface area contributed by atoms with Crippen molar-refractivity contribution < 1.29 is 4.79 Å². The van der Waals surface area contributed by atoms with Crippen molar-refractivity contribution in [3.63, 3.8) is 0 Å². The van der Waals surface area contributed by atoms with Gasteiger partial charge in [0.05, 0.1) is 22.9 Å². The van der Waals surface area contributed by atoms with Crippen LogP contribution in [0.15, 0.2) is 64.3 Å². The highest BCUT2D eigenvalue weighted by Crippen LogP contribution is 2.20. The standard InChI is InChI=1S/C18H13N5O2S2/c24-13(10-14-19-8-9-26-14)11-27-18-22-16-15(20-6-7-21-16)17(25)23(18)12-4-2-1-3-5-12/h1-9H,10-11H2. The quantitative estimate of drug-likeness (QED) is 0.366. The van der Waals surface area contributed by atoms with Gasteiger partial charge in [-0.15, -0.1) is 11.3 Å². The summed E-state index contributed by atoms with van der Waals surface area (Å²) in [6.45, 7) is 0. The lowest BCUT2D eigenvalue weighted by Crippen LogP contribution is -2.23. The van der Waals surface area contributed by atoms with Crippen LogP contribution in [0.25, 0.3) is 16.9 Å². The molecule has 0 spiro atoms. The van der Waals surface area contributed by atoms with Crippen LogP contribution in [0.4, 0.5) is 0 Å². The first-order chi connectivity index (χ1) is 13.2. The van der Waals surface area contributed by atoms with E-state index in [4.69, 9.17) is 0 Å². The minimum atomic E-state index is -0.311. The monoisotopic (exact) mass is 395 g/mol. The summed E-state index contributed by atoms with van der Waals surface area (Å²) >= 11 is 2.66. The molecule has 7 nitrogen and oxygen atoms in total. The molecule has 27 heavy (non-hydrogen) atoms. The Morgan fingerprint density at radius 2 is 1.89 bits per heavy atom. The number of hydrogen-bond donors (Lipinski definition) is 0. The van der Waals surface area contributed by atoms with E-state index in [0.717, 1.165) is 5.01 Å². The van der Waals surface area contributed by atoms with Gasteiger partial charge in [-0.2, -0.15) is 0 Å². The van der Waals surface area contributed by atoms with Crippen molar-refractivity contribution in [2.45, 2.75) is 11.6 Å². The maximum Gasteiger partial charge on any atom is 0.286 e. The first kappa shape index (κ1) is 17.5. The molecule has 4 rings (SSSR count). The Bertz CT molecular complexity index is 1140. The van der Waals surface area contributed by atoms with Crippen LogP contribution in [-0.2, 0) is 11.2 Å². The van der Waals surface area contributed by atoms with Gasteiger partial charge >= 0.3 is 0 Å². The van der Waals surface area contributed by atoms with E-state index < -0.39 is 0 Å². The van der Waals surface area contributed by atoms with E-state index in [1.807, 2.05) is 35.7 Å². The molecule has 0 saturated carbocycles. The fourth-order valence-corrected chi connectivity index (χ4v) is 4.01. The summed E-state index contributed by atoms with van der Waals surface area (Å²) < 4.78 is 1.47. The van der Waals surface area contributed by atoms with Gasteiger partial charge in [0.1, 0.15) is 5.78 Å². The highest BCUT2D eigenvalue weighted by atomic mass is 32.2. The highest BCUT2D eigenvalue weighted by molar-refractivity contribution is 7.99. The molecular weight excluding hydrogens is 382 g/mol. The van der Waals surface area contributed by atoms with Crippen LogP contribution in [0.5, 0.6) is 0 Å². The third kappa shape index (κ3) is 3.79. The molecule has 0 amide bonds. The van der Waals surface area contributed by atoms with Gasteiger partial charge < -0.3 is 0 Å². The minimum Gasteiger partial charge on any atom is -0.298 e. The van der Waals surface area contributed by atoms with E-state index in [2.05, 4.69) is 19.9 Å². The lowest BCUT2D eigenvalue weighted by molar-refractivity contribution is -0.116. The number of rotatable bonds is 6. The number of para-hydroxylation sites is 1. The highest BCUT2D eigenvalue weighted by Gasteiger charge is 2.16. The first-order valence-corrected chi connectivity index (χ1v) is 9.91. The van der Waals surface area contributed by atoms with Gasteiger partial charge in [0.25, 0.3) is 5.56 Å². The molecule has 0 unspecified atom stereocenters. The Labute approximate surface area is 162 Å². The second-order valence-corrected chi connectivity index (χ2v) is 7.45. The second kappa shape index (κ2) is 7.77. The number of thioether (sulfide) groups is 1. The van der Waals surface area contributed by atoms with E-state index in [1.165, 1.54) is 40.1 Å². The molecule has 0 atom stereocenters. The zero-order chi connectivity index (χ0) is 18.6. The lowest BCUT2D eigenvalue weighted by Gasteiger charge is -2.12. The number of fused-ring (bicyclic) bond motifs is 1. The smallest absolute Gasteiger partial charge is 0.286 e. The van der Waals surface area contributed by atoms with E-state index in [0.29, 0.717) is 10.8 Å². The summed E-state index contributed by atoms with van der Waals surface area (Å²) in [5.41, 5.74) is 0.816. The number of aromatic nitrogens is 5. The Morgan fingerprint density at radius 3 is 2.67 bits per heavy atom. The maximum atomic E-state index is 13.0. The van der Waals surface area contributed by atoms with Crippen LogP contribution in [0.3, 0.4) is 0 Å². The van der Waals surface area contributed by atoms with Crippen molar-refractivity contribution in [2.24, 2.45) is 0 Å². The molecule has 0 aliphatic heterocycles. The summed E-state index contributed by atoms with van der Waals surface area (Å²) in [6, 6.07) is 9.17. The largest absolute Gasteiger partial charge is 0.298 e. The molecular formula is C18H13N5O2S2. The summed E-state index contributed by atoms with van der Waals surface area (Å²) in [5, 5.41) is 3.02. The Balaban J connectivity index is 1.70. The lowest BCUT2D eigenvalue weighted by atomic mass is 10.3. The van der Waals surface area contributed by atoms with Crippen molar-refractivity contribution >= 4 is 40.0 Å². The summed E-state index contributed by atoms with van der Waals surface area (Å²) in [5.74, 6) is 0.202. The molecule has 134 valence electrons. The number of thiazole rings is 1. The molecule has 0 saturated heterocycles. The van der Waals surface area contributed by atoms with Gasteiger partial charge in [-0.05, 0) is 12.1 Å². The summed E-state index contributed by atoms with van der Waals surface area (Å²) in [6.07, 6.45) is 4.90. The van der Waals surface area contributed by atoms with Crippen molar-refractivity contribution in [1.82, 2.24) is 24.5 Å². The first-order valence-electron chi connectivity index (χ1n) is 8.04. The number of ketones is 1. The zero-order valence-corrected chi connectivity index (χ0v) is 15.6. The van der Waals surface area contributed by atoms with Crippen molar-refractivity contribution in [2.75, 3.05) is 5.75 Å². The predicted octanol–water partition coefficient (Wildman–Crippen LogP) is 2.54. The molecule has 0 aliphatic carbocycles. The molecule has 3 heterocycles. The fraction of sp³-hybridized carbons (Fsp3) is 0.111. The number of benzene rings is 1. The predicted molar refractivity (Wildman–Crippen MR) is 104 cm³/mol. The van der Waals surface area contributed by atoms with Crippen molar-refractivity contribution in [1.29, 1.82) is 0 Å². The van der Waals surface area contributed by atoms with Crippen LogP contribution in [0.2, 0.25) is 0 Å². The molecule has 0 aliphatic rings. The number of carbonyl (C=O) groups excluding carboxylic acids is 1. The van der Waals surface area contributed by atoms with E-state index >= 15 is 0 Å². The second-order valence-electron chi connectivity index (χ2n) is 5.53. The molecule has 0 radical (unpaired) electrons. The molecule has 9 heteroatoms. The van der Waals surface area contributed by atoms with Gasteiger partial charge in [0, 0.05) is 24.0 Å². The Morgan fingerprint density at radius 1 is 1.07 bits per heavy atom. The van der Waals surface area contributed by atoms with Gasteiger partial charge in [-0.3, -0.25) is 14.2 Å². The molecule has 4 aromatic rings. The van der Waals surface area contributed by atoms with Crippen LogP contribution < -0.4 is 5.56 Å². The third-order valence-electron chi connectivity index (χ3n) is 3.69. The molecule has 1 aromatic carbocycles. The average Bonchev–Trinajstić information content (AvgIpc) is 3.20. The number of carbonyl (C=O) groups is 1. The minimum absolute atomic E-state index is 0.0167. The SMILES string of the molecule is O=C(CSc1nc2nccnc2c(=O)n1-c1ccccc1)Cc1nccs1. The van der Waals surface area contributed by atoms with Crippen LogP contribution in [0, 0.1) is 0 Å². The fourth-order valence-electron chi connectivity index (χ4n) is 2.50. The molecule has 0 N–H and O–H groups in total. The van der Waals surface area contributed by atoms with Crippen molar-refractivity contribution in [3.05, 3.63) is 69.7 Å². The van der Waals surface area contributed by atoms with Crippen LogP contribution in [0.1, 0.15) is 5.01 Å². The Kier molecular flexibility index (Phi) is 5.03. The van der Waals surface area contributed by atoms with Gasteiger partial charge in [-0.1, -0.05) is 30.0 Å². The maximum absolute atomic E-state index is 13.0. The van der Waals surface area contributed by atoms with Gasteiger partial charge in [0.15, 0.2) is 16.3 Å². The number of Topliss-reactive ketones (excluding diaryl/α,β-unsaturated/α-hetero) is 1. The topological polar surface area (TPSA) is 90.6 Å². The summed E-state index contributed by atoms with van der Waals surface area (Å²) in [4.78, 5) is 42.1. The van der Waals surface area contributed by atoms with Gasteiger partial charge in [-0.25, -0.2) is 19.9 Å². The number of hydrogen-bond acceptors (Lipinski definition) is 8. The van der Waals surface area contributed by atoms with Gasteiger partial charge in [0.2, 0.25) is 0 Å². The number of nitrogens with zero attached hydrogens (tertiary/aromatic N) is 5.